The molecule has 0 saturated carbocycles. The predicted molar refractivity (Wildman–Crippen MR) is 76.1 cm³/mol. The lowest BCUT2D eigenvalue weighted by molar-refractivity contribution is 0.767. The van der Waals surface area contributed by atoms with Crippen molar-refractivity contribution in [1.29, 1.82) is 0 Å². The summed E-state index contributed by atoms with van der Waals surface area (Å²) in [5.74, 6) is 0.949. The van der Waals surface area contributed by atoms with E-state index in [4.69, 9.17) is 11.6 Å². The van der Waals surface area contributed by atoms with E-state index in [2.05, 4.69) is 51.5 Å². The van der Waals surface area contributed by atoms with E-state index >= 15 is 0 Å². The fourth-order valence-electron chi connectivity index (χ4n) is 1.48. The topological polar surface area (TPSA) is 43.6 Å². The quantitative estimate of drug-likeness (QED) is 0.608. The molecule has 4 nitrogen and oxygen atoms in total. The summed E-state index contributed by atoms with van der Waals surface area (Å²) in [7, 11) is 1.86. The Morgan fingerprint density at radius 2 is 2.06 bits per heavy atom. The second kappa shape index (κ2) is 4.89. The number of aryl methyl sites for hydroxylation is 1. The van der Waals surface area contributed by atoms with Crippen LogP contribution in [0.5, 0.6) is 0 Å². The molecule has 17 heavy (non-hydrogen) atoms. The van der Waals surface area contributed by atoms with Crippen LogP contribution < -0.4 is 0 Å². The molecular weight excluding hydrogens is 351 g/mol. The van der Waals surface area contributed by atoms with Crippen LogP contribution in [0.15, 0.2) is 12.4 Å². The zero-order chi connectivity index (χ0) is 12.6. The zero-order valence-corrected chi connectivity index (χ0v) is 12.7. The normalized spacial score (nSPS) is 11.2. The minimum atomic E-state index is 0.317. The highest BCUT2D eigenvalue weighted by Crippen LogP contribution is 2.27. The average molecular weight is 363 g/mol. The van der Waals surface area contributed by atoms with Gasteiger partial charge in [-0.3, -0.25) is 4.68 Å². The van der Waals surface area contributed by atoms with Gasteiger partial charge in [0.1, 0.15) is 5.15 Å². The lowest BCUT2D eigenvalue weighted by Gasteiger charge is -2.09. The van der Waals surface area contributed by atoms with Crippen LogP contribution in [-0.4, -0.2) is 19.7 Å². The number of halogens is 2. The number of rotatable bonds is 2. The van der Waals surface area contributed by atoms with Crippen molar-refractivity contribution in [3.05, 3.63) is 26.8 Å². The Morgan fingerprint density at radius 3 is 2.59 bits per heavy atom. The van der Waals surface area contributed by atoms with Crippen LogP contribution in [0.25, 0.3) is 11.4 Å². The monoisotopic (exact) mass is 362 g/mol. The smallest absolute Gasteiger partial charge is 0.164 e. The molecule has 0 atom stereocenters. The molecular formula is C11H12ClIN4. The van der Waals surface area contributed by atoms with Crippen LogP contribution >= 0.6 is 34.2 Å². The van der Waals surface area contributed by atoms with E-state index in [1.165, 1.54) is 0 Å². The molecule has 0 saturated heterocycles. The minimum Gasteiger partial charge on any atom is -0.275 e. The molecule has 0 amide bonds. The lowest BCUT2D eigenvalue weighted by atomic mass is 10.1. The molecule has 90 valence electrons. The van der Waals surface area contributed by atoms with Gasteiger partial charge in [-0.25, -0.2) is 9.97 Å². The molecule has 0 aromatic carbocycles. The Kier molecular flexibility index (Phi) is 3.67. The molecule has 0 aliphatic rings. The van der Waals surface area contributed by atoms with Crippen molar-refractivity contribution < 1.29 is 0 Å². The van der Waals surface area contributed by atoms with Gasteiger partial charge in [0, 0.05) is 13.2 Å². The van der Waals surface area contributed by atoms with Gasteiger partial charge < -0.3 is 0 Å². The van der Waals surface area contributed by atoms with E-state index in [0.717, 1.165) is 14.8 Å². The maximum atomic E-state index is 6.13. The summed E-state index contributed by atoms with van der Waals surface area (Å²) in [6.07, 6.45) is 3.62. The molecule has 0 N–H and O–H groups in total. The van der Waals surface area contributed by atoms with Crippen molar-refractivity contribution in [3.63, 3.8) is 0 Å². The SMILES string of the molecule is CC(C)c1nc(-c2cnn(C)c2)nc(Cl)c1I. The highest BCUT2D eigenvalue weighted by molar-refractivity contribution is 14.1. The van der Waals surface area contributed by atoms with Gasteiger partial charge in [-0.05, 0) is 28.5 Å². The largest absolute Gasteiger partial charge is 0.275 e. The van der Waals surface area contributed by atoms with Gasteiger partial charge in [0.05, 0.1) is 21.0 Å². The van der Waals surface area contributed by atoms with E-state index in [-0.39, 0.29) is 0 Å². The summed E-state index contributed by atoms with van der Waals surface area (Å²) in [5.41, 5.74) is 1.86. The van der Waals surface area contributed by atoms with Crippen LogP contribution in [0.4, 0.5) is 0 Å². The Morgan fingerprint density at radius 1 is 1.35 bits per heavy atom. The van der Waals surface area contributed by atoms with Crippen molar-refractivity contribution >= 4 is 34.2 Å². The number of aromatic nitrogens is 4. The van der Waals surface area contributed by atoms with Gasteiger partial charge in [0.25, 0.3) is 0 Å². The summed E-state index contributed by atoms with van der Waals surface area (Å²) in [4.78, 5) is 8.85. The van der Waals surface area contributed by atoms with Gasteiger partial charge in [0.15, 0.2) is 5.82 Å². The molecule has 2 rings (SSSR count). The van der Waals surface area contributed by atoms with Crippen molar-refractivity contribution in [2.75, 3.05) is 0 Å². The van der Waals surface area contributed by atoms with E-state index in [9.17, 15) is 0 Å². The van der Waals surface area contributed by atoms with Gasteiger partial charge in [-0.2, -0.15) is 5.10 Å². The molecule has 0 unspecified atom stereocenters. The maximum Gasteiger partial charge on any atom is 0.164 e. The van der Waals surface area contributed by atoms with Crippen LogP contribution in [-0.2, 0) is 7.05 Å². The molecule has 0 aliphatic heterocycles. The summed E-state index contributed by atoms with van der Waals surface area (Å²) < 4.78 is 2.64. The van der Waals surface area contributed by atoms with Crippen LogP contribution in [0.1, 0.15) is 25.5 Å². The Balaban J connectivity index is 2.56. The zero-order valence-electron chi connectivity index (χ0n) is 9.78. The molecule has 0 fully saturated rings. The van der Waals surface area contributed by atoms with E-state index in [1.54, 1.807) is 10.9 Å². The standard InChI is InChI=1S/C11H12ClIN4/c1-6(2)9-8(13)10(12)16-11(15-9)7-4-14-17(3)5-7/h4-6H,1-3H3. The van der Waals surface area contributed by atoms with Gasteiger partial charge in [-0.1, -0.05) is 25.4 Å². The Hall–Kier alpha value is -0.690. The second-order valence-corrected chi connectivity index (χ2v) is 5.53. The van der Waals surface area contributed by atoms with Crippen molar-refractivity contribution in [3.8, 4) is 11.4 Å². The van der Waals surface area contributed by atoms with Gasteiger partial charge in [-0.15, -0.1) is 0 Å². The van der Waals surface area contributed by atoms with E-state index in [0.29, 0.717) is 16.9 Å². The van der Waals surface area contributed by atoms with E-state index in [1.807, 2.05) is 13.2 Å². The van der Waals surface area contributed by atoms with Crippen molar-refractivity contribution in [2.24, 2.45) is 7.05 Å². The summed E-state index contributed by atoms with van der Waals surface area (Å²) in [6.45, 7) is 4.18. The molecule has 2 aromatic rings. The third kappa shape index (κ3) is 2.60. The first-order valence-corrected chi connectivity index (χ1v) is 6.66. The first-order valence-electron chi connectivity index (χ1n) is 5.21. The molecule has 0 aliphatic carbocycles. The molecule has 0 radical (unpaired) electrons. The fourth-order valence-corrected chi connectivity index (χ4v) is 2.53. The van der Waals surface area contributed by atoms with Crippen molar-refractivity contribution in [2.45, 2.75) is 19.8 Å². The number of hydrogen-bond donors (Lipinski definition) is 0. The molecule has 0 bridgehead atoms. The molecule has 6 heteroatoms. The van der Waals surface area contributed by atoms with Crippen LogP contribution in [0, 0.1) is 3.57 Å². The number of nitrogens with zero attached hydrogens (tertiary/aromatic N) is 4. The average Bonchev–Trinajstić information content (AvgIpc) is 2.68. The fraction of sp³-hybridized carbons (Fsp3) is 0.364. The molecule has 0 spiro atoms. The van der Waals surface area contributed by atoms with E-state index < -0.39 is 0 Å². The summed E-state index contributed by atoms with van der Waals surface area (Å²) >= 11 is 8.32. The van der Waals surface area contributed by atoms with Crippen molar-refractivity contribution in [1.82, 2.24) is 19.7 Å². The predicted octanol–water partition coefficient (Wildman–Crippen LogP) is 3.26. The van der Waals surface area contributed by atoms with Crippen LogP contribution in [0.2, 0.25) is 5.15 Å². The Labute approximate surface area is 119 Å². The highest BCUT2D eigenvalue weighted by atomic mass is 127. The first-order chi connectivity index (χ1) is 7.99. The lowest BCUT2D eigenvalue weighted by Crippen LogP contribution is -2.02. The van der Waals surface area contributed by atoms with Gasteiger partial charge in [0.2, 0.25) is 0 Å². The third-order valence-corrected chi connectivity index (χ3v) is 4.00. The number of hydrogen-bond acceptors (Lipinski definition) is 3. The van der Waals surface area contributed by atoms with Crippen LogP contribution in [0.3, 0.4) is 0 Å². The summed E-state index contributed by atoms with van der Waals surface area (Å²) in [6, 6.07) is 0. The highest BCUT2D eigenvalue weighted by Gasteiger charge is 2.15. The Bertz CT molecular complexity index is 550. The second-order valence-electron chi connectivity index (χ2n) is 4.09. The van der Waals surface area contributed by atoms with Gasteiger partial charge >= 0.3 is 0 Å². The molecule has 2 aromatic heterocycles. The first kappa shape index (κ1) is 12.8. The molecule has 2 heterocycles. The summed E-state index contributed by atoms with van der Waals surface area (Å²) in [5, 5.41) is 4.61. The third-order valence-electron chi connectivity index (χ3n) is 2.35. The minimum absolute atomic E-state index is 0.317. The maximum absolute atomic E-state index is 6.13.